The molecule has 1 amide bonds. The van der Waals surface area contributed by atoms with Crippen molar-refractivity contribution >= 4 is 27.5 Å². The van der Waals surface area contributed by atoms with Gasteiger partial charge in [0.2, 0.25) is 5.91 Å². The molecular weight excluding hydrogens is 308 g/mol. The number of methoxy groups -OCH3 is 1. The Morgan fingerprint density at radius 3 is 2.87 bits per heavy atom. The molecule has 0 aliphatic heterocycles. The fourth-order valence-electron chi connectivity index (χ4n) is 3.30. The zero-order valence-corrected chi connectivity index (χ0v) is 14.5. The van der Waals surface area contributed by atoms with Crippen molar-refractivity contribution in [2.24, 2.45) is 10.9 Å². The van der Waals surface area contributed by atoms with Crippen LogP contribution in [0.2, 0.25) is 0 Å². The monoisotopic (exact) mass is 332 g/mol. The smallest absolute Gasteiger partial charge is 0.248 e. The number of para-hydroxylation sites is 1. The summed E-state index contributed by atoms with van der Waals surface area (Å²) in [7, 11) is 1.69. The summed E-state index contributed by atoms with van der Waals surface area (Å²) >= 11 is 1.58. The number of hydrogen-bond acceptors (Lipinski definition) is 3. The van der Waals surface area contributed by atoms with Gasteiger partial charge in [0, 0.05) is 20.1 Å². The number of hydrogen-bond donors (Lipinski definition) is 0. The molecule has 1 heterocycles. The second-order valence-electron chi connectivity index (χ2n) is 6.21. The number of rotatable bonds is 5. The first-order chi connectivity index (χ1) is 11.3. The van der Waals surface area contributed by atoms with Crippen LogP contribution in [0.5, 0.6) is 0 Å². The van der Waals surface area contributed by atoms with Gasteiger partial charge in [-0.3, -0.25) is 4.79 Å². The normalized spacial score (nSPS) is 17.0. The Labute approximate surface area is 140 Å². The van der Waals surface area contributed by atoms with E-state index in [-0.39, 0.29) is 5.91 Å². The van der Waals surface area contributed by atoms with E-state index in [9.17, 15) is 4.79 Å². The first-order valence-electron chi connectivity index (χ1n) is 8.43. The van der Waals surface area contributed by atoms with Crippen molar-refractivity contribution in [3.63, 3.8) is 0 Å². The van der Waals surface area contributed by atoms with E-state index >= 15 is 0 Å². The van der Waals surface area contributed by atoms with Gasteiger partial charge in [0.05, 0.1) is 16.8 Å². The highest BCUT2D eigenvalue weighted by Crippen LogP contribution is 2.26. The van der Waals surface area contributed by atoms with Crippen molar-refractivity contribution in [3.8, 4) is 0 Å². The minimum Gasteiger partial charge on any atom is -0.383 e. The van der Waals surface area contributed by atoms with Gasteiger partial charge in [0.25, 0.3) is 0 Å². The summed E-state index contributed by atoms with van der Waals surface area (Å²) in [6, 6.07) is 8.19. The van der Waals surface area contributed by atoms with Gasteiger partial charge >= 0.3 is 0 Å². The molecule has 0 spiro atoms. The van der Waals surface area contributed by atoms with Crippen LogP contribution < -0.4 is 4.80 Å². The molecule has 1 fully saturated rings. The Balaban J connectivity index is 1.85. The van der Waals surface area contributed by atoms with Gasteiger partial charge in [-0.15, -0.1) is 0 Å². The molecule has 0 bridgehead atoms. The van der Waals surface area contributed by atoms with E-state index in [1.807, 2.05) is 12.1 Å². The Morgan fingerprint density at radius 1 is 1.30 bits per heavy atom. The first-order valence-corrected chi connectivity index (χ1v) is 9.24. The van der Waals surface area contributed by atoms with Crippen LogP contribution in [0.15, 0.2) is 29.3 Å². The van der Waals surface area contributed by atoms with Crippen molar-refractivity contribution in [2.75, 3.05) is 13.7 Å². The predicted octanol–water partition coefficient (Wildman–Crippen LogP) is 3.75. The van der Waals surface area contributed by atoms with Gasteiger partial charge in [-0.2, -0.15) is 4.99 Å². The third-order valence-corrected chi connectivity index (χ3v) is 5.57. The van der Waals surface area contributed by atoms with Crippen molar-refractivity contribution < 1.29 is 9.53 Å². The number of aromatic nitrogens is 1. The number of carbonyl (C=O) groups is 1. The van der Waals surface area contributed by atoms with E-state index in [2.05, 4.69) is 21.7 Å². The number of amides is 1. The molecular formula is C18H24N2O2S. The fourth-order valence-corrected chi connectivity index (χ4v) is 4.37. The standard InChI is InChI=1S/C18H24N2O2S/c1-22-12-11-20-15-9-5-6-10-16(15)23-18(20)19-17(21)13-14-7-3-2-4-8-14/h5-6,9-10,14H,2-4,7-8,11-13H2,1H3/b19-18-. The highest BCUT2D eigenvalue weighted by molar-refractivity contribution is 7.16. The molecule has 0 unspecified atom stereocenters. The van der Waals surface area contributed by atoms with Gasteiger partial charge in [0.1, 0.15) is 0 Å². The van der Waals surface area contributed by atoms with Crippen molar-refractivity contribution in [1.82, 2.24) is 4.57 Å². The van der Waals surface area contributed by atoms with Gasteiger partial charge in [0.15, 0.2) is 4.80 Å². The fraction of sp³-hybridized carbons (Fsp3) is 0.556. The number of carbonyl (C=O) groups excluding carboxylic acids is 1. The van der Waals surface area contributed by atoms with E-state index in [4.69, 9.17) is 4.74 Å². The molecule has 1 aliphatic rings. The van der Waals surface area contributed by atoms with Gasteiger partial charge in [-0.1, -0.05) is 42.7 Å². The second-order valence-corrected chi connectivity index (χ2v) is 7.22. The molecule has 0 atom stereocenters. The van der Waals surface area contributed by atoms with E-state index in [0.717, 1.165) is 21.6 Å². The Kier molecular flexibility index (Phi) is 5.62. The molecule has 124 valence electrons. The van der Waals surface area contributed by atoms with E-state index in [0.29, 0.717) is 18.9 Å². The minimum absolute atomic E-state index is 0.0228. The molecule has 23 heavy (non-hydrogen) atoms. The summed E-state index contributed by atoms with van der Waals surface area (Å²) in [5.74, 6) is 0.552. The van der Waals surface area contributed by atoms with Crippen LogP contribution in [0.25, 0.3) is 10.2 Å². The SMILES string of the molecule is COCCn1/c(=N/C(=O)CC2CCCCC2)sc2ccccc21. The predicted molar refractivity (Wildman–Crippen MR) is 93.5 cm³/mol. The number of benzene rings is 1. The highest BCUT2D eigenvalue weighted by Gasteiger charge is 2.17. The Morgan fingerprint density at radius 2 is 2.09 bits per heavy atom. The van der Waals surface area contributed by atoms with Crippen molar-refractivity contribution in [2.45, 2.75) is 45.1 Å². The topological polar surface area (TPSA) is 43.6 Å². The van der Waals surface area contributed by atoms with Crippen LogP contribution in [0, 0.1) is 5.92 Å². The number of fused-ring (bicyclic) bond motifs is 1. The maximum Gasteiger partial charge on any atom is 0.248 e. The van der Waals surface area contributed by atoms with E-state index < -0.39 is 0 Å². The van der Waals surface area contributed by atoms with E-state index in [1.165, 1.54) is 32.1 Å². The molecule has 1 aromatic carbocycles. The maximum absolute atomic E-state index is 12.4. The van der Waals surface area contributed by atoms with E-state index in [1.54, 1.807) is 18.4 Å². The summed E-state index contributed by atoms with van der Waals surface area (Å²) in [4.78, 5) is 17.6. The lowest BCUT2D eigenvalue weighted by atomic mass is 9.87. The molecule has 2 aromatic rings. The summed E-state index contributed by atoms with van der Waals surface area (Å²) in [6.07, 6.45) is 6.78. The molecule has 0 saturated heterocycles. The first kappa shape index (κ1) is 16.4. The third-order valence-electron chi connectivity index (χ3n) is 4.52. The molecule has 1 saturated carbocycles. The number of ether oxygens (including phenoxy) is 1. The quantitative estimate of drug-likeness (QED) is 0.837. The Bertz CT molecular complexity index is 726. The van der Waals surface area contributed by atoms with Crippen LogP contribution in [0.4, 0.5) is 0 Å². The summed E-state index contributed by atoms with van der Waals surface area (Å²) in [5, 5.41) is 0. The highest BCUT2D eigenvalue weighted by atomic mass is 32.1. The lowest BCUT2D eigenvalue weighted by Crippen LogP contribution is -2.20. The molecule has 1 aliphatic carbocycles. The zero-order chi connectivity index (χ0) is 16.1. The molecule has 4 nitrogen and oxygen atoms in total. The van der Waals surface area contributed by atoms with Crippen LogP contribution in [0.3, 0.4) is 0 Å². The molecule has 1 aromatic heterocycles. The summed E-state index contributed by atoms with van der Waals surface area (Å²) in [5.41, 5.74) is 1.12. The van der Waals surface area contributed by atoms with Gasteiger partial charge < -0.3 is 9.30 Å². The average Bonchev–Trinajstić information content (AvgIpc) is 2.90. The zero-order valence-electron chi connectivity index (χ0n) is 13.7. The number of nitrogens with zero attached hydrogens (tertiary/aromatic N) is 2. The third kappa shape index (κ3) is 4.09. The Hall–Kier alpha value is -1.46. The van der Waals surface area contributed by atoms with Gasteiger partial charge in [-0.25, -0.2) is 0 Å². The van der Waals surface area contributed by atoms with Crippen LogP contribution >= 0.6 is 11.3 Å². The summed E-state index contributed by atoms with van der Waals surface area (Å²) < 4.78 is 8.46. The van der Waals surface area contributed by atoms with Crippen LogP contribution in [0.1, 0.15) is 38.5 Å². The molecule has 3 rings (SSSR count). The minimum atomic E-state index is 0.0228. The molecule has 5 heteroatoms. The molecule has 0 N–H and O–H groups in total. The number of thiazole rings is 1. The molecule has 0 radical (unpaired) electrons. The average molecular weight is 332 g/mol. The van der Waals surface area contributed by atoms with Crippen LogP contribution in [-0.4, -0.2) is 24.2 Å². The van der Waals surface area contributed by atoms with Gasteiger partial charge in [-0.05, 0) is 30.9 Å². The van der Waals surface area contributed by atoms with Crippen LogP contribution in [-0.2, 0) is 16.1 Å². The largest absolute Gasteiger partial charge is 0.383 e. The lowest BCUT2D eigenvalue weighted by molar-refractivity contribution is -0.119. The maximum atomic E-state index is 12.4. The lowest BCUT2D eigenvalue weighted by Gasteiger charge is -2.19. The van der Waals surface area contributed by atoms with Crippen molar-refractivity contribution in [3.05, 3.63) is 29.1 Å². The second kappa shape index (κ2) is 7.88. The summed E-state index contributed by atoms with van der Waals surface area (Å²) in [6.45, 7) is 1.33. The van der Waals surface area contributed by atoms with Crippen molar-refractivity contribution in [1.29, 1.82) is 0 Å².